The van der Waals surface area contributed by atoms with E-state index in [1.807, 2.05) is 30.3 Å². The smallest absolute Gasteiger partial charge is 0.266 e. The minimum absolute atomic E-state index is 0.0720. The van der Waals surface area contributed by atoms with E-state index in [9.17, 15) is 15.2 Å². The van der Waals surface area contributed by atoms with Crippen molar-refractivity contribution in [1.29, 1.82) is 5.26 Å². The Morgan fingerprint density at radius 1 is 1.22 bits per heavy atom. The minimum Gasteiger partial charge on any atom is -0.508 e. The SMILES string of the molecule is COc1cc(/C=C(\C#N)C(=O)Nc2ccc(O)cc2)cc(Cl)c1OCc1ccccc1Br. The predicted molar refractivity (Wildman–Crippen MR) is 127 cm³/mol. The van der Waals surface area contributed by atoms with E-state index in [4.69, 9.17) is 21.1 Å². The fraction of sp³-hybridized carbons (Fsp3) is 0.0833. The van der Waals surface area contributed by atoms with Gasteiger partial charge in [0.25, 0.3) is 5.91 Å². The number of nitrogens with zero attached hydrogens (tertiary/aromatic N) is 1. The number of amides is 1. The maximum Gasteiger partial charge on any atom is 0.266 e. The van der Waals surface area contributed by atoms with Crippen LogP contribution in [0.1, 0.15) is 11.1 Å². The van der Waals surface area contributed by atoms with Gasteiger partial charge in [-0.2, -0.15) is 5.26 Å². The number of carbonyl (C=O) groups excluding carboxylic acids is 1. The summed E-state index contributed by atoms with van der Waals surface area (Å²) in [6.45, 7) is 0.269. The molecule has 0 spiro atoms. The highest BCUT2D eigenvalue weighted by Gasteiger charge is 2.15. The van der Waals surface area contributed by atoms with Gasteiger partial charge in [0, 0.05) is 15.7 Å². The maximum atomic E-state index is 12.5. The van der Waals surface area contributed by atoms with Gasteiger partial charge in [0.2, 0.25) is 0 Å². The van der Waals surface area contributed by atoms with Crippen LogP contribution >= 0.6 is 27.5 Å². The highest BCUT2D eigenvalue weighted by Crippen LogP contribution is 2.38. The molecule has 3 rings (SSSR count). The number of rotatable bonds is 7. The molecule has 0 fully saturated rings. The number of hydrogen-bond acceptors (Lipinski definition) is 5. The molecule has 0 heterocycles. The first kappa shape index (κ1) is 23.2. The number of methoxy groups -OCH3 is 1. The van der Waals surface area contributed by atoms with Gasteiger partial charge in [-0.1, -0.05) is 45.7 Å². The van der Waals surface area contributed by atoms with E-state index in [-0.39, 0.29) is 23.0 Å². The minimum atomic E-state index is -0.595. The van der Waals surface area contributed by atoms with Crippen LogP contribution < -0.4 is 14.8 Å². The third-order valence-electron chi connectivity index (χ3n) is 4.38. The predicted octanol–water partition coefficient (Wildman–Crippen LogP) is 5.94. The normalized spacial score (nSPS) is 10.9. The highest BCUT2D eigenvalue weighted by molar-refractivity contribution is 9.10. The number of nitriles is 1. The molecule has 162 valence electrons. The van der Waals surface area contributed by atoms with Gasteiger partial charge in [-0.3, -0.25) is 4.79 Å². The molecule has 0 radical (unpaired) electrons. The van der Waals surface area contributed by atoms with Crippen molar-refractivity contribution < 1.29 is 19.4 Å². The lowest BCUT2D eigenvalue weighted by Gasteiger charge is -2.14. The molecule has 0 saturated heterocycles. The second-order valence-electron chi connectivity index (χ2n) is 6.59. The van der Waals surface area contributed by atoms with E-state index in [1.54, 1.807) is 12.1 Å². The molecule has 0 aromatic heterocycles. The van der Waals surface area contributed by atoms with Gasteiger partial charge in [-0.25, -0.2) is 0 Å². The number of aromatic hydroxyl groups is 1. The molecule has 8 heteroatoms. The first-order valence-corrected chi connectivity index (χ1v) is 10.5. The standard InChI is InChI=1S/C24H18BrClN2O4/c1-31-22-12-15(10-17(13-27)24(30)28-18-6-8-19(29)9-7-18)11-21(26)23(22)32-14-16-4-2-3-5-20(16)25/h2-12,29H,14H2,1H3,(H,28,30)/b17-10+. The molecule has 0 aliphatic carbocycles. The Kier molecular flexibility index (Phi) is 7.77. The molecule has 1 amide bonds. The first-order chi connectivity index (χ1) is 15.4. The second kappa shape index (κ2) is 10.7. The van der Waals surface area contributed by atoms with E-state index < -0.39 is 5.91 Å². The number of carbonyl (C=O) groups is 1. The molecular formula is C24H18BrClN2O4. The summed E-state index contributed by atoms with van der Waals surface area (Å²) in [7, 11) is 1.48. The van der Waals surface area contributed by atoms with Gasteiger partial charge in [-0.05, 0) is 54.1 Å². The number of hydrogen-bond donors (Lipinski definition) is 2. The number of benzene rings is 3. The van der Waals surface area contributed by atoms with Crippen molar-refractivity contribution in [3.8, 4) is 23.3 Å². The number of ether oxygens (including phenoxy) is 2. The van der Waals surface area contributed by atoms with Crippen molar-refractivity contribution in [2.75, 3.05) is 12.4 Å². The Bertz CT molecular complexity index is 1200. The molecule has 0 aliphatic rings. The summed E-state index contributed by atoms with van der Waals surface area (Å²) in [5.41, 5.74) is 1.75. The lowest BCUT2D eigenvalue weighted by molar-refractivity contribution is -0.112. The van der Waals surface area contributed by atoms with Crippen molar-refractivity contribution in [1.82, 2.24) is 0 Å². The van der Waals surface area contributed by atoms with Gasteiger partial charge in [0.1, 0.15) is 24.0 Å². The zero-order valence-corrected chi connectivity index (χ0v) is 19.3. The number of phenols is 1. The average molecular weight is 514 g/mol. The molecule has 3 aromatic rings. The first-order valence-electron chi connectivity index (χ1n) is 9.37. The van der Waals surface area contributed by atoms with Gasteiger partial charge in [-0.15, -0.1) is 0 Å². The van der Waals surface area contributed by atoms with Crippen molar-refractivity contribution in [2.45, 2.75) is 6.61 Å². The quantitative estimate of drug-likeness (QED) is 0.232. The Morgan fingerprint density at radius 2 is 1.94 bits per heavy atom. The monoisotopic (exact) mass is 512 g/mol. The van der Waals surface area contributed by atoms with E-state index >= 15 is 0 Å². The topological polar surface area (TPSA) is 91.6 Å². The number of anilines is 1. The third-order valence-corrected chi connectivity index (χ3v) is 5.44. The van der Waals surface area contributed by atoms with Crippen LogP contribution in [0.15, 0.2) is 70.7 Å². The Hall–Kier alpha value is -3.47. The van der Waals surface area contributed by atoms with Gasteiger partial charge in [0.05, 0.1) is 12.1 Å². The Morgan fingerprint density at radius 3 is 2.59 bits per heavy atom. The summed E-state index contributed by atoms with van der Waals surface area (Å²) < 4.78 is 12.2. The van der Waals surface area contributed by atoms with Crippen LogP contribution in [-0.4, -0.2) is 18.1 Å². The average Bonchev–Trinajstić information content (AvgIpc) is 2.78. The summed E-state index contributed by atoms with van der Waals surface area (Å²) >= 11 is 9.90. The lowest BCUT2D eigenvalue weighted by atomic mass is 10.1. The molecule has 0 saturated carbocycles. The van der Waals surface area contributed by atoms with E-state index in [2.05, 4.69) is 21.2 Å². The van der Waals surface area contributed by atoms with Gasteiger partial charge >= 0.3 is 0 Å². The van der Waals surface area contributed by atoms with Crippen molar-refractivity contribution >= 4 is 45.2 Å². The maximum absolute atomic E-state index is 12.5. The molecule has 0 unspecified atom stereocenters. The van der Waals surface area contributed by atoms with Crippen molar-refractivity contribution in [3.63, 3.8) is 0 Å². The summed E-state index contributed by atoms with van der Waals surface area (Å²) in [4.78, 5) is 12.5. The van der Waals surface area contributed by atoms with E-state index in [0.717, 1.165) is 10.0 Å². The lowest BCUT2D eigenvalue weighted by Crippen LogP contribution is -2.13. The molecule has 3 aromatic carbocycles. The zero-order valence-electron chi connectivity index (χ0n) is 16.9. The Balaban J connectivity index is 1.82. The van der Waals surface area contributed by atoms with Crippen LogP contribution in [0.4, 0.5) is 5.69 Å². The number of nitrogens with one attached hydrogen (secondary N) is 1. The zero-order chi connectivity index (χ0) is 23.1. The molecular weight excluding hydrogens is 496 g/mol. The van der Waals surface area contributed by atoms with Gasteiger partial charge < -0.3 is 19.9 Å². The van der Waals surface area contributed by atoms with Crippen LogP contribution in [0.5, 0.6) is 17.2 Å². The van der Waals surface area contributed by atoms with Crippen LogP contribution in [-0.2, 0) is 11.4 Å². The molecule has 32 heavy (non-hydrogen) atoms. The second-order valence-corrected chi connectivity index (χ2v) is 7.85. The third kappa shape index (κ3) is 5.82. The van der Waals surface area contributed by atoms with Crippen molar-refractivity contribution in [2.24, 2.45) is 0 Å². The summed E-state index contributed by atoms with van der Waals surface area (Å²) in [5, 5.41) is 21.7. The number of halogens is 2. The largest absolute Gasteiger partial charge is 0.508 e. The summed E-state index contributed by atoms with van der Waals surface area (Å²) in [6, 6.07) is 18.7. The summed E-state index contributed by atoms with van der Waals surface area (Å²) in [6.07, 6.45) is 1.40. The van der Waals surface area contributed by atoms with Crippen molar-refractivity contribution in [3.05, 3.63) is 86.9 Å². The van der Waals surface area contributed by atoms with Crippen LogP contribution in [0.2, 0.25) is 5.02 Å². The summed E-state index contributed by atoms with van der Waals surface area (Å²) in [5.74, 6) is 0.200. The Labute approximate surface area is 198 Å². The highest BCUT2D eigenvalue weighted by atomic mass is 79.9. The van der Waals surface area contributed by atoms with Crippen LogP contribution in [0.25, 0.3) is 6.08 Å². The molecule has 0 bridgehead atoms. The fourth-order valence-corrected chi connectivity index (χ4v) is 3.46. The van der Waals surface area contributed by atoms with Crippen LogP contribution in [0.3, 0.4) is 0 Å². The fourth-order valence-electron chi connectivity index (χ4n) is 2.79. The van der Waals surface area contributed by atoms with Crippen LogP contribution in [0, 0.1) is 11.3 Å². The van der Waals surface area contributed by atoms with Gasteiger partial charge in [0.15, 0.2) is 11.5 Å². The molecule has 6 nitrogen and oxygen atoms in total. The number of phenolic OH excluding ortho intramolecular Hbond substituents is 1. The van der Waals surface area contributed by atoms with E-state index in [0.29, 0.717) is 22.7 Å². The molecule has 2 N–H and O–H groups in total. The van der Waals surface area contributed by atoms with E-state index in [1.165, 1.54) is 37.5 Å². The molecule has 0 aliphatic heterocycles. The molecule has 0 atom stereocenters.